The summed E-state index contributed by atoms with van der Waals surface area (Å²) in [6.07, 6.45) is 3.72. The van der Waals surface area contributed by atoms with E-state index in [1.165, 1.54) is 11.3 Å². The first-order valence-electron chi connectivity index (χ1n) is 9.83. The van der Waals surface area contributed by atoms with Crippen molar-refractivity contribution in [2.24, 2.45) is 4.99 Å². The Labute approximate surface area is 187 Å². The zero-order valence-corrected chi connectivity index (χ0v) is 19.3. The highest BCUT2D eigenvalue weighted by molar-refractivity contribution is 7.98. The number of hydrogen-bond acceptors (Lipinski definition) is 7. The molecule has 0 saturated carbocycles. The highest BCUT2D eigenvalue weighted by Gasteiger charge is 2.33. The molecule has 1 aliphatic rings. The van der Waals surface area contributed by atoms with Gasteiger partial charge in [-0.1, -0.05) is 23.5 Å². The fraction of sp³-hybridized carbons (Fsp3) is 0.261. The number of thioether (sulfide) groups is 1. The van der Waals surface area contributed by atoms with E-state index in [9.17, 15) is 9.59 Å². The van der Waals surface area contributed by atoms with E-state index in [4.69, 9.17) is 9.15 Å². The molecule has 4 rings (SSSR count). The molecule has 3 aromatic rings. The third-order valence-corrected chi connectivity index (χ3v) is 6.71. The van der Waals surface area contributed by atoms with Crippen LogP contribution in [-0.2, 0) is 9.53 Å². The summed E-state index contributed by atoms with van der Waals surface area (Å²) in [7, 11) is 0. The Morgan fingerprint density at radius 1 is 1.26 bits per heavy atom. The number of benzene rings is 1. The fourth-order valence-electron chi connectivity index (χ4n) is 3.55. The summed E-state index contributed by atoms with van der Waals surface area (Å²) < 4.78 is 13.0. The lowest BCUT2D eigenvalue weighted by atomic mass is 9.96. The molecule has 31 heavy (non-hydrogen) atoms. The minimum absolute atomic E-state index is 0.217. The molecule has 0 N–H and O–H groups in total. The number of hydrogen-bond donors (Lipinski definition) is 0. The molecule has 0 bridgehead atoms. The molecule has 1 unspecified atom stereocenters. The van der Waals surface area contributed by atoms with Crippen LogP contribution in [0.5, 0.6) is 0 Å². The first kappa shape index (κ1) is 21.4. The molecule has 1 aliphatic heterocycles. The van der Waals surface area contributed by atoms with E-state index in [2.05, 4.69) is 4.99 Å². The topological polar surface area (TPSA) is 73.8 Å². The van der Waals surface area contributed by atoms with Crippen molar-refractivity contribution in [3.8, 4) is 0 Å². The second-order valence-corrected chi connectivity index (χ2v) is 8.91. The predicted octanol–water partition coefficient (Wildman–Crippen LogP) is 3.42. The lowest BCUT2D eigenvalue weighted by Gasteiger charge is -2.24. The van der Waals surface area contributed by atoms with Crippen LogP contribution in [0, 0.1) is 6.92 Å². The largest absolute Gasteiger partial charge is 0.463 e. The number of aryl methyl sites for hydroxylation is 1. The molecule has 2 aromatic heterocycles. The number of carbonyl (C=O) groups is 1. The Morgan fingerprint density at radius 2 is 2.00 bits per heavy atom. The highest BCUT2D eigenvalue weighted by Crippen LogP contribution is 2.31. The van der Waals surface area contributed by atoms with Crippen LogP contribution in [0.15, 0.2) is 66.8 Å². The summed E-state index contributed by atoms with van der Waals surface area (Å²) in [5, 5.41) is 0. The van der Waals surface area contributed by atoms with Gasteiger partial charge in [-0.2, -0.15) is 0 Å². The molecular formula is C23H22N2O4S2. The predicted molar refractivity (Wildman–Crippen MR) is 122 cm³/mol. The van der Waals surface area contributed by atoms with Crippen LogP contribution >= 0.6 is 23.1 Å². The summed E-state index contributed by atoms with van der Waals surface area (Å²) in [5.74, 6) is 0.912. The number of ether oxygens (including phenoxy) is 1. The number of rotatable bonds is 5. The summed E-state index contributed by atoms with van der Waals surface area (Å²) in [6.45, 7) is 5.64. The third kappa shape index (κ3) is 4.05. The second kappa shape index (κ2) is 8.72. The van der Waals surface area contributed by atoms with Gasteiger partial charge < -0.3 is 9.15 Å². The molecule has 0 spiro atoms. The van der Waals surface area contributed by atoms with Gasteiger partial charge in [0, 0.05) is 11.0 Å². The van der Waals surface area contributed by atoms with Crippen molar-refractivity contribution in [1.82, 2.24) is 4.57 Å². The van der Waals surface area contributed by atoms with Crippen molar-refractivity contribution < 1.29 is 13.9 Å². The Hall–Kier alpha value is -2.84. The van der Waals surface area contributed by atoms with Crippen LogP contribution < -0.4 is 14.9 Å². The first-order valence-corrected chi connectivity index (χ1v) is 11.9. The number of thiazole rings is 1. The minimum Gasteiger partial charge on any atom is -0.463 e. The quantitative estimate of drug-likeness (QED) is 0.436. The molecule has 1 aromatic carbocycles. The van der Waals surface area contributed by atoms with Crippen molar-refractivity contribution in [2.75, 3.05) is 12.9 Å². The molecule has 0 aliphatic carbocycles. The molecular weight excluding hydrogens is 432 g/mol. The van der Waals surface area contributed by atoms with E-state index < -0.39 is 12.0 Å². The molecule has 6 nitrogen and oxygen atoms in total. The summed E-state index contributed by atoms with van der Waals surface area (Å²) in [4.78, 5) is 32.5. The number of fused-ring (bicyclic) bond motifs is 1. The third-order valence-electron chi connectivity index (χ3n) is 4.98. The molecule has 0 saturated heterocycles. The van der Waals surface area contributed by atoms with Gasteiger partial charge in [-0.25, -0.2) is 9.79 Å². The van der Waals surface area contributed by atoms with Crippen molar-refractivity contribution in [3.63, 3.8) is 0 Å². The van der Waals surface area contributed by atoms with E-state index in [-0.39, 0.29) is 12.2 Å². The average Bonchev–Trinajstić information content (AvgIpc) is 3.30. The molecule has 1 atom stereocenters. The van der Waals surface area contributed by atoms with Gasteiger partial charge in [0.1, 0.15) is 11.5 Å². The van der Waals surface area contributed by atoms with E-state index in [1.54, 1.807) is 36.3 Å². The van der Waals surface area contributed by atoms with Crippen LogP contribution in [0.1, 0.15) is 37.0 Å². The van der Waals surface area contributed by atoms with Gasteiger partial charge in [-0.3, -0.25) is 9.36 Å². The second-order valence-electron chi connectivity index (χ2n) is 7.02. The maximum absolute atomic E-state index is 13.4. The summed E-state index contributed by atoms with van der Waals surface area (Å²) in [6, 6.07) is 10.9. The van der Waals surface area contributed by atoms with Gasteiger partial charge in [-0.05, 0) is 56.9 Å². The Kier molecular flexibility index (Phi) is 6.02. The van der Waals surface area contributed by atoms with Crippen LogP contribution in [0.3, 0.4) is 0 Å². The number of nitrogens with zero attached hydrogens (tertiary/aromatic N) is 2. The maximum atomic E-state index is 13.4. The fourth-order valence-corrected chi connectivity index (χ4v) is 4.99. The SMILES string of the molecule is CCOC(=O)C1=C(C)N=c2sc(=Cc3ccc(C)o3)c(=O)n2C1c1ccc(SC)cc1. The van der Waals surface area contributed by atoms with E-state index in [1.807, 2.05) is 49.6 Å². The lowest BCUT2D eigenvalue weighted by Crippen LogP contribution is -2.39. The van der Waals surface area contributed by atoms with Crippen molar-refractivity contribution in [1.29, 1.82) is 0 Å². The van der Waals surface area contributed by atoms with Crippen LogP contribution in [0.25, 0.3) is 6.08 Å². The van der Waals surface area contributed by atoms with Crippen molar-refractivity contribution >= 4 is 35.1 Å². The van der Waals surface area contributed by atoms with Gasteiger partial charge in [0.25, 0.3) is 5.56 Å². The van der Waals surface area contributed by atoms with Gasteiger partial charge in [-0.15, -0.1) is 11.8 Å². The lowest BCUT2D eigenvalue weighted by molar-refractivity contribution is -0.139. The smallest absolute Gasteiger partial charge is 0.338 e. The number of esters is 1. The normalized spacial score (nSPS) is 16.3. The monoisotopic (exact) mass is 454 g/mol. The Bertz CT molecular complexity index is 1340. The van der Waals surface area contributed by atoms with E-state index in [0.29, 0.717) is 26.4 Å². The van der Waals surface area contributed by atoms with Crippen molar-refractivity contribution in [3.05, 3.63) is 84.4 Å². The van der Waals surface area contributed by atoms with Crippen molar-refractivity contribution in [2.45, 2.75) is 31.7 Å². The van der Waals surface area contributed by atoms with Crippen LogP contribution in [-0.4, -0.2) is 23.4 Å². The maximum Gasteiger partial charge on any atom is 0.338 e. The number of allylic oxidation sites excluding steroid dienone is 1. The summed E-state index contributed by atoms with van der Waals surface area (Å²) >= 11 is 2.91. The van der Waals surface area contributed by atoms with Gasteiger partial charge in [0.15, 0.2) is 4.80 Å². The minimum atomic E-state index is -0.605. The average molecular weight is 455 g/mol. The molecule has 0 radical (unpaired) electrons. The number of carbonyl (C=O) groups excluding carboxylic acids is 1. The van der Waals surface area contributed by atoms with Gasteiger partial charge in [0.05, 0.1) is 28.5 Å². The zero-order valence-electron chi connectivity index (χ0n) is 17.7. The zero-order chi connectivity index (χ0) is 22.1. The first-order chi connectivity index (χ1) is 14.9. The standard InChI is InChI=1S/C23H22N2O4S2/c1-5-28-22(27)19-14(3)24-23-25(20(19)15-7-10-17(30-4)11-8-15)21(26)18(31-23)12-16-9-6-13(2)29-16/h6-12,20H,5H2,1-4H3. The molecule has 8 heteroatoms. The van der Waals surface area contributed by atoms with Crippen LogP contribution in [0.2, 0.25) is 0 Å². The van der Waals surface area contributed by atoms with Gasteiger partial charge in [0.2, 0.25) is 0 Å². The number of furan rings is 1. The summed E-state index contributed by atoms with van der Waals surface area (Å²) in [5.41, 5.74) is 1.55. The molecule has 0 amide bonds. The molecule has 160 valence electrons. The highest BCUT2D eigenvalue weighted by atomic mass is 32.2. The van der Waals surface area contributed by atoms with Gasteiger partial charge >= 0.3 is 5.97 Å². The molecule has 3 heterocycles. The Balaban J connectivity index is 1.94. The Morgan fingerprint density at radius 3 is 2.61 bits per heavy atom. The van der Waals surface area contributed by atoms with E-state index >= 15 is 0 Å². The van der Waals surface area contributed by atoms with E-state index in [0.717, 1.165) is 16.2 Å². The van der Waals surface area contributed by atoms with Crippen LogP contribution in [0.4, 0.5) is 0 Å². The number of aromatic nitrogens is 1. The molecule has 0 fully saturated rings.